The highest BCUT2D eigenvalue weighted by atomic mass is 32.2. The normalized spacial score (nSPS) is 10.4. The van der Waals surface area contributed by atoms with E-state index in [2.05, 4.69) is 12.1 Å². The highest BCUT2D eigenvalue weighted by Crippen LogP contribution is 2.12. The molecule has 0 aliphatic heterocycles. The fourth-order valence-corrected chi connectivity index (χ4v) is 1.93. The predicted molar refractivity (Wildman–Crippen MR) is 60.4 cm³/mol. The number of ether oxygens (including phenoxy) is 1. The van der Waals surface area contributed by atoms with Gasteiger partial charge in [0.1, 0.15) is 0 Å². The van der Waals surface area contributed by atoms with Crippen LogP contribution in [0.3, 0.4) is 0 Å². The molecule has 0 aliphatic rings. The van der Waals surface area contributed by atoms with E-state index in [0.717, 1.165) is 23.7 Å². The lowest BCUT2D eigenvalue weighted by molar-refractivity contribution is 0.218. The average molecular weight is 212 g/mol. The molecule has 0 aromatic heterocycles. The molecule has 78 valence electrons. The third-order valence-corrected chi connectivity index (χ3v) is 2.90. The maximum atomic E-state index is 8.85. The van der Waals surface area contributed by atoms with Crippen molar-refractivity contribution in [3.8, 4) is 0 Å². The monoisotopic (exact) mass is 212 g/mol. The van der Waals surface area contributed by atoms with Gasteiger partial charge in [-0.3, -0.25) is 0 Å². The van der Waals surface area contributed by atoms with E-state index in [1.165, 1.54) is 5.56 Å². The van der Waals surface area contributed by atoms with E-state index in [4.69, 9.17) is 9.84 Å². The van der Waals surface area contributed by atoms with Crippen LogP contribution in [0.15, 0.2) is 24.3 Å². The van der Waals surface area contributed by atoms with Gasteiger partial charge in [-0.15, -0.1) is 0 Å². The number of aliphatic hydroxyl groups excluding tert-OH is 1. The molecule has 0 spiro atoms. The number of hydrogen-bond donors (Lipinski definition) is 1. The van der Waals surface area contributed by atoms with Crippen molar-refractivity contribution in [2.45, 2.75) is 12.4 Å². The average Bonchev–Trinajstić information content (AvgIpc) is 2.25. The molecule has 3 heteroatoms. The molecule has 14 heavy (non-hydrogen) atoms. The molecule has 1 aromatic carbocycles. The Balaban J connectivity index is 2.29. The summed E-state index contributed by atoms with van der Waals surface area (Å²) in [5.41, 5.74) is 2.26. The fourth-order valence-electron chi connectivity index (χ4n) is 1.07. The lowest BCUT2D eigenvalue weighted by atomic mass is 10.2. The minimum Gasteiger partial charge on any atom is -0.392 e. The molecule has 0 radical (unpaired) electrons. The van der Waals surface area contributed by atoms with Crippen LogP contribution in [0, 0.1) is 0 Å². The molecule has 0 aliphatic carbocycles. The van der Waals surface area contributed by atoms with Gasteiger partial charge in [-0.05, 0) is 11.1 Å². The van der Waals surface area contributed by atoms with Crippen LogP contribution in [0.5, 0.6) is 0 Å². The third kappa shape index (κ3) is 4.13. The molecule has 0 amide bonds. The third-order valence-electron chi connectivity index (χ3n) is 1.91. The van der Waals surface area contributed by atoms with Gasteiger partial charge in [0.2, 0.25) is 0 Å². The number of aliphatic hydroxyl groups is 1. The molecule has 0 heterocycles. The predicted octanol–water partition coefficient (Wildman–Crippen LogP) is 2.06. The van der Waals surface area contributed by atoms with Crippen LogP contribution in [0.25, 0.3) is 0 Å². The molecule has 1 aromatic rings. The first kappa shape index (κ1) is 11.6. The molecule has 0 unspecified atom stereocenters. The Morgan fingerprint density at radius 3 is 2.43 bits per heavy atom. The standard InChI is InChI=1S/C11H16O2S/c1-13-6-7-14-9-11-4-2-10(8-12)3-5-11/h2-5,12H,6-9H2,1H3. The first-order valence-corrected chi connectivity index (χ1v) is 5.77. The summed E-state index contributed by atoms with van der Waals surface area (Å²) in [6.07, 6.45) is 0. The molecule has 0 saturated heterocycles. The summed E-state index contributed by atoms with van der Waals surface area (Å²) < 4.78 is 4.96. The Hall–Kier alpha value is -0.510. The van der Waals surface area contributed by atoms with E-state index >= 15 is 0 Å². The minimum atomic E-state index is 0.122. The van der Waals surface area contributed by atoms with Gasteiger partial charge in [-0.1, -0.05) is 24.3 Å². The van der Waals surface area contributed by atoms with Crippen molar-refractivity contribution < 1.29 is 9.84 Å². The van der Waals surface area contributed by atoms with Crippen LogP contribution >= 0.6 is 11.8 Å². The Morgan fingerprint density at radius 2 is 1.86 bits per heavy atom. The number of hydrogen-bond acceptors (Lipinski definition) is 3. The maximum absolute atomic E-state index is 8.85. The smallest absolute Gasteiger partial charge is 0.0681 e. The summed E-state index contributed by atoms with van der Waals surface area (Å²) in [7, 11) is 1.72. The van der Waals surface area contributed by atoms with E-state index in [1.807, 2.05) is 23.9 Å². The minimum absolute atomic E-state index is 0.122. The first-order valence-electron chi connectivity index (χ1n) is 4.62. The van der Waals surface area contributed by atoms with Crippen LogP contribution in [-0.4, -0.2) is 24.6 Å². The van der Waals surface area contributed by atoms with E-state index < -0.39 is 0 Å². The number of thioether (sulfide) groups is 1. The lowest BCUT2D eigenvalue weighted by Crippen LogP contribution is -1.92. The van der Waals surface area contributed by atoms with Gasteiger partial charge in [0, 0.05) is 18.6 Å². The SMILES string of the molecule is COCCSCc1ccc(CO)cc1. The number of methoxy groups -OCH3 is 1. The van der Waals surface area contributed by atoms with Crippen LogP contribution in [0.4, 0.5) is 0 Å². The fraction of sp³-hybridized carbons (Fsp3) is 0.455. The van der Waals surface area contributed by atoms with E-state index in [1.54, 1.807) is 7.11 Å². The van der Waals surface area contributed by atoms with E-state index in [-0.39, 0.29) is 6.61 Å². The Labute approximate surface area is 89.3 Å². The zero-order valence-corrected chi connectivity index (χ0v) is 9.22. The van der Waals surface area contributed by atoms with Crippen molar-refractivity contribution in [1.82, 2.24) is 0 Å². The summed E-state index contributed by atoms with van der Waals surface area (Å²) >= 11 is 1.86. The molecular formula is C11H16O2S. The van der Waals surface area contributed by atoms with Crippen molar-refractivity contribution in [3.05, 3.63) is 35.4 Å². The molecular weight excluding hydrogens is 196 g/mol. The van der Waals surface area contributed by atoms with Gasteiger partial charge in [0.25, 0.3) is 0 Å². The summed E-state index contributed by atoms with van der Waals surface area (Å²) in [5.74, 6) is 2.04. The Kier molecular flexibility index (Phi) is 5.68. The summed E-state index contributed by atoms with van der Waals surface area (Å²) in [6.45, 7) is 0.927. The summed E-state index contributed by atoms with van der Waals surface area (Å²) in [4.78, 5) is 0. The summed E-state index contributed by atoms with van der Waals surface area (Å²) in [6, 6.07) is 8.05. The maximum Gasteiger partial charge on any atom is 0.0681 e. The van der Waals surface area contributed by atoms with Gasteiger partial charge >= 0.3 is 0 Å². The van der Waals surface area contributed by atoms with Gasteiger partial charge in [0.15, 0.2) is 0 Å². The second-order valence-corrected chi connectivity index (χ2v) is 4.13. The van der Waals surface area contributed by atoms with Crippen LogP contribution in [0.2, 0.25) is 0 Å². The first-order chi connectivity index (χ1) is 6.86. The molecule has 0 fully saturated rings. The molecule has 2 nitrogen and oxygen atoms in total. The van der Waals surface area contributed by atoms with Gasteiger partial charge < -0.3 is 9.84 Å². The topological polar surface area (TPSA) is 29.5 Å². The lowest BCUT2D eigenvalue weighted by Gasteiger charge is -2.02. The van der Waals surface area contributed by atoms with Gasteiger partial charge in [0.05, 0.1) is 13.2 Å². The molecule has 1 N–H and O–H groups in total. The van der Waals surface area contributed by atoms with Crippen LogP contribution < -0.4 is 0 Å². The van der Waals surface area contributed by atoms with Gasteiger partial charge in [-0.25, -0.2) is 0 Å². The number of rotatable bonds is 6. The summed E-state index contributed by atoms with van der Waals surface area (Å²) in [5, 5.41) is 8.85. The van der Waals surface area contributed by atoms with Crippen molar-refractivity contribution in [2.75, 3.05) is 19.5 Å². The van der Waals surface area contributed by atoms with Crippen molar-refractivity contribution in [2.24, 2.45) is 0 Å². The van der Waals surface area contributed by atoms with Crippen molar-refractivity contribution >= 4 is 11.8 Å². The zero-order valence-electron chi connectivity index (χ0n) is 8.40. The van der Waals surface area contributed by atoms with Crippen LogP contribution in [0.1, 0.15) is 11.1 Å². The molecule has 0 saturated carbocycles. The highest BCUT2D eigenvalue weighted by molar-refractivity contribution is 7.98. The molecule has 0 bridgehead atoms. The van der Waals surface area contributed by atoms with E-state index in [9.17, 15) is 0 Å². The highest BCUT2D eigenvalue weighted by Gasteiger charge is 1.94. The van der Waals surface area contributed by atoms with Crippen molar-refractivity contribution in [1.29, 1.82) is 0 Å². The Bertz CT molecular complexity index is 246. The van der Waals surface area contributed by atoms with Crippen molar-refractivity contribution in [3.63, 3.8) is 0 Å². The molecule has 0 atom stereocenters. The Morgan fingerprint density at radius 1 is 1.21 bits per heavy atom. The van der Waals surface area contributed by atoms with Crippen LogP contribution in [-0.2, 0) is 17.1 Å². The zero-order chi connectivity index (χ0) is 10.2. The largest absolute Gasteiger partial charge is 0.392 e. The second kappa shape index (κ2) is 6.87. The quantitative estimate of drug-likeness (QED) is 0.732. The number of benzene rings is 1. The second-order valence-electron chi connectivity index (χ2n) is 3.02. The van der Waals surface area contributed by atoms with E-state index in [0.29, 0.717) is 0 Å². The van der Waals surface area contributed by atoms with Gasteiger partial charge in [-0.2, -0.15) is 11.8 Å². The molecule has 1 rings (SSSR count).